The molecule has 178 valence electrons. The lowest BCUT2D eigenvalue weighted by atomic mass is 9.81. The normalized spacial score (nSPS) is 15.1. The van der Waals surface area contributed by atoms with E-state index in [1.165, 1.54) is 5.56 Å². The molecule has 1 atom stereocenters. The van der Waals surface area contributed by atoms with Crippen molar-refractivity contribution in [3.05, 3.63) is 83.2 Å². The molecule has 1 amide bonds. The van der Waals surface area contributed by atoms with Gasteiger partial charge >= 0.3 is 0 Å². The molecule has 5 heteroatoms. The Bertz CT molecular complexity index is 1120. The Morgan fingerprint density at radius 2 is 1.79 bits per heavy atom. The highest BCUT2D eigenvalue weighted by Crippen LogP contribution is 2.37. The van der Waals surface area contributed by atoms with Gasteiger partial charge in [0.2, 0.25) is 5.91 Å². The number of pyridine rings is 1. The fraction of sp³-hybridized carbons (Fsp3) is 0.379. The fourth-order valence-electron chi connectivity index (χ4n) is 4.63. The Hall–Kier alpha value is -3.34. The van der Waals surface area contributed by atoms with Gasteiger partial charge in [-0.05, 0) is 78.3 Å². The Morgan fingerprint density at radius 3 is 2.41 bits per heavy atom. The second-order valence-electron chi connectivity index (χ2n) is 9.59. The van der Waals surface area contributed by atoms with Crippen LogP contribution in [-0.2, 0) is 17.8 Å². The quantitative estimate of drug-likeness (QED) is 0.441. The molecule has 0 bridgehead atoms. The van der Waals surface area contributed by atoms with Gasteiger partial charge in [0.1, 0.15) is 5.75 Å². The second-order valence-corrected chi connectivity index (χ2v) is 9.59. The Labute approximate surface area is 203 Å². The Balaban J connectivity index is 1.70. The van der Waals surface area contributed by atoms with Crippen LogP contribution in [0.4, 0.5) is 11.4 Å². The lowest BCUT2D eigenvalue weighted by Crippen LogP contribution is -2.36. The van der Waals surface area contributed by atoms with Crippen molar-refractivity contribution in [2.45, 2.75) is 51.5 Å². The number of fused-ring (bicyclic) bond motifs is 1. The van der Waals surface area contributed by atoms with Crippen LogP contribution >= 0.6 is 0 Å². The smallest absolute Gasteiger partial charge is 0.234 e. The predicted molar refractivity (Wildman–Crippen MR) is 139 cm³/mol. The van der Waals surface area contributed by atoms with Gasteiger partial charge in [0.25, 0.3) is 0 Å². The third-order valence-electron chi connectivity index (χ3n) is 6.70. The van der Waals surface area contributed by atoms with E-state index in [4.69, 9.17) is 4.74 Å². The van der Waals surface area contributed by atoms with E-state index in [9.17, 15) is 4.79 Å². The molecule has 0 fully saturated rings. The van der Waals surface area contributed by atoms with Crippen molar-refractivity contribution < 1.29 is 9.53 Å². The monoisotopic (exact) mass is 457 g/mol. The minimum Gasteiger partial charge on any atom is -0.497 e. The van der Waals surface area contributed by atoms with Gasteiger partial charge in [-0.1, -0.05) is 32.0 Å². The van der Waals surface area contributed by atoms with Gasteiger partial charge in [-0.25, -0.2) is 0 Å². The van der Waals surface area contributed by atoms with Crippen molar-refractivity contribution in [2.75, 3.05) is 31.0 Å². The van der Waals surface area contributed by atoms with E-state index in [1.807, 2.05) is 49.5 Å². The molecule has 1 unspecified atom stereocenters. The van der Waals surface area contributed by atoms with Gasteiger partial charge in [-0.3, -0.25) is 9.78 Å². The molecule has 0 spiro atoms. The summed E-state index contributed by atoms with van der Waals surface area (Å²) in [4.78, 5) is 22.7. The third kappa shape index (κ3) is 5.09. The van der Waals surface area contributed by atoms with Gasteiger partial charge < -0.3 is 14.5 Å². The maximum Gasteiger partial charge on any atom is 0.234 e. The summed E-state index contributed by atoms with van der Waals surface area (Å²) < 4.78 is 5.48. The summed E-state index contributed by atoms with van der Waals surface area (Å²) in [5, 5.41) is 0. The number of aryl methyl sites for hydroxylation is 1. The fourth-order valence-corrected chi connectivity index (χ4v) is 4.63. The van der Waals surface area contributed by atoms with E-state index in [0.717, 1.165) is 53.2 Å². The summed E-state index contributed by atoms with van der Waals surface area (Å²) >= 11 is 0. The number of aromatic nitrogens is 1. The van der Waals surface area contributed by atoms with Gasteiger partial charge in [0.15, 0.2) is 0 Å². The van der Waals surface area contributed by atoms with Gasteiger partial charge in [0, 0.05) is 25.5 Å². The van der Waals surface area contributed by atoms with Crippen molar-refractivity contribution in [3.63, 3.8) is 0 Å². The highest BCUT2D eigenvalue weighted by molar-refractivity contribution is 5.98. The number of carbonyl (C=O) groups excluding carboxylic acids is 1. The minimum absolute atomic E-state index is 0.116. The number of benzene rings is 2. The number of ether oxygens (including phenoxy) is 1. The number of amides is 1. The maximum absolute atomic E-state index is 14.1. The summed E-state index contributed by atoms with van der Waals surface area (Å²) in [6.07, 6.45) is 4.69. The lowest BCUT2D eigenvalue weighted by molar-refractivity contribution is -0.120. The predicted octanol–water partition coefficient (Wildman–Crippen LogP) is 5.93. The van der Waals surface area contributed by atoms with Crippen molar-refractivity contribution >= 4 is 17.3 Å². The van der Waals surface area contributed by atoms with Crippen LogP contribution in [0.25, 0.3) is 0 Å². The summed E-state index contributed by atoms with van der Waals surface area (Å²) in [6, 6.07) is 18.6. The molecule has 1 aliphatic carbocycles. The molecule has 0 saturated carbocycles. The van der Waals surface area contributed by atoms with Gasteiger partial charge in [-0.15, -0.1) is 0 Å². The number of hydrogen-bond donors (Lipinski definition) is 0. The first-order valence-electron chi connectivity index (χ1n) is 12.1. The first-order chi connectivity index (χ1) is 16.4. The van der Waals surface area contributed by atoms with E-state index in [0.29, 0.717) is 12.5 Å². The van der Waals surface area contributed by atoms with Crippen LogP contribution in [0.15, 0.2) is 60.8 Å². The molecule has 2 aromatic carbocycles. The molecule has 0 aliphatic heterocycles. The molecule has 5 nitrogen and oxygen atoms in total. The largest absolute Gasteiger partial charge is 0.497 e. The van der Waals surface area contributed by atoms with Gasteiger partial charge in [0.05, 0.1) is 31.5 Å². The number of carbonyl (C=O) groups is 1. The standard InChI is InChI=1S/C29H35N3O2/c1-20(2)28-16-14-24(18-30-28)32(19-21-9-12-23(13-10-21)31(3)4)29(33)26-8-6-7-22-11-15-25(34-5)17-27(22)26/h9-18,20,26H,6-8,19H2,1-5H3. The third-order valence-corrected chi connectivity index (χ3v) is 6.70. The van der Waals surface area contributed by atoms with Crippen molar-refractivity contribution in [1.29, 1.82) is 0 Å². The SMILES string of the molecule is COc1ccc2c(c1)C(C(=O)N(Cc1ccc(N(C)C)cc1)c1ccc(C(C)C)nc1)CCC2. The van der Waals surface area contributed by atoms with Crippen LogP contribution < -0.4 is 14.5 Å². The van der Waals surface area contributed by atoms with Gasteiger partial charge in [-0.2, -0.15) is 0 Å². The molecule has 1 aliphatic rings. The van der Waals surface area contributed by atoms with Crippen molar-refractivity contribution in [1.82, 2.24) is 4.98 Å². The minimum atomic E-state index is -0.190. The van der Waals surface area contributed by atoms with Crippen LogP contribution in [0.5, 0.6) is 5.75 Å². The molecule has 0 saturated heterocycles. The zero-order valence-electron chi connectivity index (χ0n) is 20.9. The van der Waals surface area contributed by atoms with Crippen LogP contribution in [-0.4, -0.2) is 32.1 Å². The average molecular weight is 458 g/mol. The van der Waals surface area contributed by atoms with Crippen LogP contribution in [0, 0.1) is 0 Å². The van der Waals surface area contributed by atoms with E-state index in [2.05, 4.69) is 54.1 Å². The summed E-state index contributed by atoms with van der Waals surface area (Å²) in [5.74, 6) is 1.07. The number of rotatable bonds is 7. The highest BCUT2D eigenvalue weighted by Gasteiger charge is 2.31. The van der Waals surface area contributed by atoms with Crippen LogP contribution in [0.1, 0.15) is 60.9 Å². The Morgan fingerprint density at radius 1 is 1.06 bits per heavy atom. The molecule has 4 rings (SSSR count). The number of methoxy groups -OCH3 is 1. The zero-order chi connectivity index (χ0) is 24.2. The highest BCUT2D eigenvalue weighted by atomic mass is 16.5. The number of hydrogen-bond acceptors (Lipinski definition) is 4. The molecular weight excluding hydrogens is 422 g/mol. The second kappa shape index (κ2) is 10.3. The number of nitrogens with zero attached hydrogens (tertiary/aromatic N) is 3. The van der Waals surface area contributed by atoms with Crippen molar-refractivity contribution in [2.24, 2.45) is 0 Å². The first-order valence-corrected chi connectivity index (χ1v) is 12.1. The van der Waals surface area contributed by atoms with E-state index >= 15 is 0 Å². The van der Waals surface area contributed by atoms with E-state index in [-0.39, 0.29) is 11.8 Å². The summed E-state index contributed by atoms with van der Waals surface area (Å²) in [5.41, 5.74) is 6.43. The molecule has 1 aromatic heterocycles. The van der Waals surface area contributed by atoms with E-state index < -0.39 is 0 Å². The topological polar surface area (TPSA) is 45.7 Å². The average Bonchev–Trinajstić information content (AvgIpc) is 2.86. The molecule has 1 heterocycles. The molecular formula is C29H35N3O2. The molecule has 0 N–H and O–H groups in total. The maximum atomic E-state index is 14.1. The molecule has 0 radical (unpaired) electrons. The summed E-state index contributed by atoms with van der Waals surface area (Å²) in [7, 11) is 5.73. The van der Waals surface area contributed by atoms with Crippen LogP contribution in [0.2, 0.25) is 0 Å². The van der Waals surface area contributed by atoms with E-state index in [1.54, 1.807) is 7.11 Å². The zero-order valence-corrected chi connectivity index (χ0v) is 20.9. The number of anilines is 2. The summed E-state index contributed by atoms with van der Waals surface area (Å²) in [6.45, 7) is 4.76. The molecule has 3 aromatic rings. The lowest BCUT2D eigenvalue weighted by Gasteiger charge is -2.31. The molecule has 34 heavy (non-hydrogen) atoms. The Kier molecular flexibility index (Phi) is 7.20. The van der Waals surface area contributed by atoms with Crippen molar-refractivity contribution in [3.8, 4) is 5.75 Å². The first kappa shape index (κ1) is 23.8. The van der Waals surface area contributed by atoms with Crippen LogP contribution in [0.3, 0.4) is 0 Å².